The second-order valence-corrected chi connectivity index (χ2v) is 9.03. The number of hydrogen-bond acceptors (Lipinski definition) is 4. The van der Waals surface area contributed by atoms with Gasteiger partial charge < -0.3 is 14.9 Å². The van der Waals surface area contributed by atoms with Crippen molar-refractivity contribution in [3.05, 3.63) is 29.3 Å². The maximum absolute atomic E-state index is 11.2. The van der Waals surface area contributed by atoms with Crippen LogP contribution in [0, 0.1) is 5.41 Å². The van der Waals surface area contributed by atoms with Gasteiger partial charge in [-0.25, -0.2) is 0 Å². The summed E-state index contributed by atoms with van der Waals surface area (Å²) in [5.74, 6) is -0.191. The average molecular weight is 403 g/mol. The highest BCUT2D eigenvalue weighted by molar-refractivity contribution is 5.77. The van der Waals surface area contributed by atoms with Crippen LogP contribution in [0.4, 0.5) is 0 Å². The van der Waals surface area contributed by atoms with Crippen molar-refractivity contribution in [3.63, 3.8) is 0 Å². The van der Waals surface area contributed by atoms with Gasteiger partial charge in [0.05, 0.1) is 5.41 Å². The standard InChI is InChI=1S/C24H34O5/c25-18-29-24(16-17-24)13-6-4-9-20-11-7-10-19(21(20)26)8-3-1-2-5-12-23(14-15-23)22(27)28/h7,10-11,18,26H,1-6,8-9,12-17H2,(H,27,28). The zero-order chi connectivity index (χ0) is 20.7. The maximum atomic E-state index is 11.2. The summed E-state index contributed by atoms with van der Waals surface area (Å²) in [5, 5.41) is 19.8. The van der Waals surface area contributed by atoms with Crippen LogP contribution < -0.4 is 0 Å². The lowest BCUT2D eigenvalue weighted by atomic mass is 9.96. The molecular weight excluding hydrogens is 368 g/mol. The zero-order valence-electron chi connectivity index (χ0n) is 17.3. The number of hydrogen-bond donors (Lipinski definition) is 2. The van der Waals surface area contributed by atoms with Gasteiger partial charge in [0.2, 0.25) is 0 Å². The quantitative estimate of drug-likeness (QED) is 0.312. The second-order valence-electron chi connectivity index (χ2n) is 9.03. The number of para-hydroxylation sites is 1. The van der Waals surface area contributed by atoms with E-state index in [2.05, 4.69) is 0 Å². The van der Waals surface area contributed by atoms with Crippen molar-refractivity contribution < 1.29 is 24.5 Å². The van der Waals surface area contributed by atoms with Crippen LogP contribution in [0.5, 0.6) is 5.75 Å². The van der Waals surface area contributed by atoms with Crippen LogP contribution in [0.3, 0.4) is 0 Å². The van der Waals surface area contributed by atoms with Gasteiger partial charge in [0.15, 0.2) is 0 Å². The molecule has 3 rings (SSSR count). The molecule has 0 amide bonds. The first-order valence-electron chi connectivity index (χ1n) is 11.1. The fourth-order valence-electron chi connectivity index (χ4n) is 4.33. The van der Waals surface area contributed by atoms with Crippen LogP contribution in [0.1, 0.15) is 88.2 Å². The smallest absolute Gasteiger partial charge is 0.309 e. The van der Waals surface area contributed by atoms with E-state index in [1.54, 1.807) is 0 Å². The molecule has 0 unspecified atom stereocenters. The first-order chi connectivity index (χ1) is 14.0. The average Bonchev–Trinajstić information content (AvgIpc) is 3.61. The number of benzene rings is 1. The Bertz CT molecular complexity index is 703. The third-order valence-electron chi connectivity index (χ3n) is 6.80. The lowest BCUT2D eigenvalue weighted by Gasteiger charge is -2.13. The molecular formula is C24H34O5. The van der Waals surface area contributed by atoms with E-state index < -0.39 is 11.4 Å². The van der Waals surface area contributed by atoms with E-state index in [0.29, 0.717) is 12.2 Å². The van der Waals surface area contributed by atoms with Gasteiger partial charge >= 0.3 is 5.97 Å². The van der Waals surface area contributed by atoms with Gasteiger partial charge in [-0.3, -0.25) is 9.59 Å². The van der Waals surface area contributed by atoms with Crippen molar-refractivity contribution in [1.82, 2.24) is 0 Å². The summed E-state index contributed by atoms with van der Waals surface area (Å²) in [4.78, 5) is 21.7. The van der Waals surface area contributed by atoms with E-state index in [0.717, 1.165) is 101 Å². The van der Waals surface area contributed by atoms with E-state index in [9.17, 15) is 19.8 Å². The van der Waals surface area contributed by atoms with Gasteiger partial charge in [-0.15, -0.1) is 0 Å². The molecule has 0 spiro atoms. The highest BCUT2D eigenvalue weighted by atomic mass is 16.5. The number of phenolic OH excluding ortho intramolecular Hbond substituents is 1. The predicted molar refractivity (Wildman–Crippen MR) is 111 cm³/mol. The number of rotatable bonds is 15. The number of carbonyl (C=O) groups is 2. The van der Waals surface area contributed by atoms with Gasteiger partial charge in [-0.2, -0.15) is 0 Å². The Morgan fingerprint density at radius 3 is 2.07 bits per heavy atom. The number of carbonyl (C=O) groups excluding carboxylic acids is 1. The maximum Gasteiger partial charge on any atom is 0.309 e. The summed E-state index contributed by atoms with van der Waals surface area (Å²) in [6.45, 7) is 0.568. The Balaban J connectivity index is 1.33. The molecule has 2 N–H and O–H groups in total. The largest absolute Gasteiger partial charge is 0.507 e. The number of carboxylic acids is 1. The number of carboxylic acid groups (broad SMARTS) is 1. The first-order valence-corrected chi connectivity index (χ1v) is 11.1. The Labute approximate surface area is 173 Å². The molecule has 0 aliphatic heterocycles. The van der Waals surface area contributed by atoms with Gasteiger partial charge in [0, 0.05) is 0 Å². The van der Waals surface area contributed by atoms with E-state index in [1.807, 2.05) is 18.2 Å². The van der Waals surface area contributed by atoms with E-state index in [-0.39, 0.29) is 5.60 Å². The lowest BCUT2D eigenvalue weighted by Crippen LogP contribution is -2.14. The van der Waals surface area contributed by atoms with Crippen molar-refractivity contribution in [2.24, 2.45) is 5.41 Å². The Morgan fingerprint density at radius 2 is 1.52 bits per heavy atom. The topological polar surface area (TPSA) is 83.8 Å². The first kappa shape index (κ1) is 21.7. The number of aromatic hydroxyl groups is 1. The molecule has 2 aliphatic carbocycles. The van der Waals surface area contributed by atoms with Crippen LogP contribution in [0.25, 0.3) is 0 Å². The van der Waals surface area contributed by atoms with Gasteiger partial charge in [-0.1, -0.05) is 37.5 Å². The number of aryl methyl sites for hydroxylation is 2. The molecule has 0 bridgehead atoms. The third kappa shape index (κ3) is 5.97. The summed E-state index contributed by atoms with van der Waals surface area (Å²) >= 11 is 0. The molecule has 5 nitrogen and oxygen atoms in total. The minimum Gasteiger partial charge on any atom is -0.507 e. The summed E-state index contributed by atoms with van der Waals surface area (Å²) in [6.07, 6.45) is 13.2. The van der Waals surface area contributed by atoms with Crippen LogP contribution in [0.15, 0.2) is 18.2 Å². The normalized spacial score (nSPS) is 18.2. The molecule has 1 aromatic carbocycles. The van der Waals surface area contributed by atoms with Crippen molar-refractivity contribution >= 4 is 12.4 Å². The number of ether oxygens (including phenoxy) is 1. The highest BCUT2D eigenvalue weighted by Crippen LogP contribution is 2.50. The minimum atomic E-state index is -0.622. The number of phenols is 1. The molecule has 2 aliphatic rings. The van der Waals surface area contributed by atoms with Crippen LogP contribution in [-0.2, 0) is 27.2 Å². The third-order valence-corrected chi connectivity index (χ3v) is 6.80. The highest BCUT2D eigenvalue weighted by Gasteiger charge is 2.49. The van der Waals surface area contributed by atoms with Crippen molar-refractivity contribution in [1.29, 1.82) is 0 Å². The fraction of sp³-hybridized carbons (Fsp3) is 0.667. The van der Waals surface area contributed by atoms with E-state index in [1.165, 1.54) is 0 Å². The van der Waals surface area contributed by atoms with Crippen molar-refractivity contribution in [2.75, 3.05) is 0 Å². The predicted octanol–water partition coefficient (Wildman–Crippen LogP) is 5.17. The Kier molecular flexibility index (Phi) is 7.20. The molecule has 0 atom stereocenters. The van der Waals surface area contributed by atoms with E-state index >= 15 is 0 Å². The molecule has 5 heteroatoms. The molecule has 0 aromatic heterocycles. The summed E-state index contributed by atoms with van der Waals surface area (Å²) in [6, 6.07) is 6.01. The summed E-state index contributed by atoms with van der Waals surface area (Å²) < 4.78 is 5.18. The van der Waals surface area contributed by atoms with Crippen molar-refractivity contribution in [2.45, 2.75) is 95.5 Å². The van der Waals surface area contributed by atoms with E-state index in [4.69, 9.17) is 4.74 Å². The van der Waals surface area contributed by atoms with Gasteiger partial charge in [0.25, 0.3) is 6.47 Å². The summed E-state index contributed by atoms with van der Waals surface area (Å²) in [5.41, 5.74) is 1.43. The second kappa shape index (κ2) is 9.64. The molecule has 0 radical (unpaired) electrons. The van der Waals surface area contributed by atoms with Crippen LogP contribution in [-0.4, -0.2) is 28.3 Å². The fourth-order valence-corrected chi connectivity index (χ4v) is 4.33. The SMILES string of the molecule is O=COC1(CCCCc2cccc(CCCCCCC3(C(=O)O)CC3)c2O)CC1. The zero-order valence-corrected chi connectivity index (χ0v) is 17.3. The number of aliphatic carboxylic acids is 1. The molecule has 160 valence electrons. The van der Waals surface area contributed by atoms with Gasteiger partial charge in [-0.05, 0) is 81.8 Å². The molecule has 1 aromatic rings. The minimum absolute atomic E-state index is 0.185. The molecule has 0 saturated heterocycles. The summed E-state index contributed by atoms with van der Waals surface area (Å²) in [7, 11) is 0. The monoisotopic (exact) mass is 402 g/mol. The van der Waals surface area contributed by atoms with Crippen LogP contribution >= 0.6 is 0 Å². The number of unbranched alkanes of at least 4 members (excludes halogenated alkanes) is 4. The molecule has 29 heavy (non-hydrogen) atoms. The molecule has 2 fully saturated rings. The molecule has 0 heterocycles. The van der Waals surface area contributed by atoms with Gasteiger partial charge in [0.1, 0.15) is 11.4 Å². The van der Waals surface area contributed by atoms with Crippen molar-refractivity contribution in [3.8, 4) is 5.75 Å². The van der Waals surface area contributed by atoms with Crippen LogP contribution in [0.2, 0.25) is 0 Å². The Hall–Kier alpha value is -2.04. The Morgan fingerprint density at radius 1 is 0.931 bits per heavy atom. The molecule has 2 saturated carbocycles. The lowest BCUT2D eigenvalue weighted by molar-refractivity contribution is -0.143.